The van der Waals surface area contributed by atoms with E-state index < -0.39 is 16.0 Å². The largest absolute Gasteiger partial charge is 0.481 e. The average molecular weight is 441 g/mol. The summed E-state index contributed by atoms with van der Waals surface area (Å²) in [5.41, 5.74) is 4.15. The van der Waals surface area contributed by atoms with Gasteiger partial charge in [-0.05, 0) is 47.9 Å². The highest BCUT2D eigenvalue weighted by Crippen LogP contribution is 2.43. The second-order valence-electron chi connectivity index (χ2n) is 8.34. The van der Waals surface area contributed by atoms with Gasteiger partial charge >= 0.3 is 5.97 Å². The van der Waals surface area contributed by atoms with Gasteiger partial charge in [-0.3, -0.25) is 4.79 Å². The summed E-state index contributed by atoms with van der Waals surface area (Å²) in [7, 11) is -4.04. The van der Waals surface area contributed by atoms with Crippen LogP contribution in [0.1, 0.15) is 61.6 Å². The standard InChI is InChI=1S/C24H28N2O4S/c1-2-15-12-13-18(24(31(25,29)30)22(15)16-8-4-3-5-9-16)23-19(14-21(27)28)17-10-6-7-11-20(17)26-23/h6-7,10-13,16,26H,2-5,8-9,14H2,1H3,(H,27,28)(H2,25,29,30). The van der Waals surface area contributed by atoms with Gasteiger partial charge < -0.3 is 10.1 Å². The molecule has 0 unspecified atom stereocenters. The van der Waals surface area contributed by atoms with Crippen molar-refractivity contribution in [1.29, 1.82) is 0 Å². The molecule has 0 saturated heterocycles. The highest BCUT2D eigenvalue weighted by Gasteiger charge is 2.30. The molecular formula is C24H28N2O4S. The molecule has 1 fully saturated rings. The molecule has 4 N–H and O–H groups in total. The maximum absolute atomic E-state index is 13.0. The summed E-state index contributed by atoms with van der Waals surface area (Å²) in [6.45, 7) is 2.02. The second-order valence-corrected chi connectivity index (χ2v) is 9.84. The van der Waals surface area contributed by atoms with Crippen LogP contribution in [0, 0.1) is 0 Å². The maximum atomic E-state index is 13.0. The van der Waals surface area contributed by atoms with Crippen LogP contribution >= 0.6 is 0 Å². The molecule has 1 aliphatic carbocycles. The van der Waals surface area contributed by atoms with Crippen molar-refractivity contribution in [2.45, 2.75) is 62.7 Å². The third kappa shape index (κ3) is 4.12. The van der Waals surface area contributed by atoms with Gasteiger partial charge in [0.1, 0.15) is 0 Å². The predicted molar refractivity (Wildman–Crippen MR) is 122 cm³/mol. The van der Waals surface area contributed by atoms with Crippen LogP contribution < -0.4 is 5.14 Å². The number of nitrogens with two attached hydrogens (primary N) is 1. The lowest BCUT2D eigenvalue weighted by Crippen LogP contribution is -2.20. The number of hydrogen-bond donors (Lipinski definition) is 3. The van der Waals surface area contributed by atoms with E-state index in [1.165, 1.54) is 0 Å². The van der Waals surface area contributed by atoms with Crippen LogP contribution in [0.5, 0.6) is 0 Å². The molecule has 1 heterocycles. The summed E-state index contributed by atoms with van der Waals surface area (Å²) in [6.07, 6.45) is 5.67. The lowest BCUT2D eigenvalue weighted by Gasteiger charge is -2.27. The summed E-state index contributed by atoms with van der Waals surface area (Å²) >= 11 is 0. The number of hydrogen-bond acceptors (Lipinski definition) is 3. The van der Waals surface area contributed by atoms with Crippen molar-refractivity contribution < 1.29 is 18.3 Å². The minimum absolute atomic E-state index is 0.143. The molecule has 0 amide bonds. The third-order valence-electron chi connectivity index (χ3n) is 6.38. The number of aryl methyl sites for hydroxylation is 1. The van der Waals surface area contributed by atoms with Crippen LogP contribution in [-0.4, -0.2) is 24.5 Å². The van der Waals surface area contributed by atoms with Crippen LogP contribution in [0.25, 0.3) is 22.2 Å². The van der Waals surface area contributed by atoms with E-state index in [-0.39, 0.29) is 17.2 Å². The molecule has 4 rings (SSSR count). The number of carboxylic acid groups (broad SMARTS) is 1. The van der Waals surface area contributed by atoms with E-state index in [2.05, 4.69) is 4.98 Å². The number of aliphatic carboxylic acids is 1. The summed E-state index contributed by atoms with van der Waals surface area (Å²) in [5.74, 6) is -0.829. The topological polar surface area (TPSA) is 113 Å². The van der Waals surface area contributed by atoms with E-state index in [1.54, 1.807) is 6.07 Å². The Morgan fingerprint density at radius 2 is 1.84 bits per heavy atom. The lowest BCUT2D eigenvalue weighted by molar-refractivity contribution is -0.136. The zero-order valence-electron chi connectivity index (χ0n) is 17.6. The first-order chi connectivity index (χ1) is 14.8. The van der Waals surface area contributed by atoms with Gasteiger partial charge in [-0.15, -0.1) is 0 Å². The maximum Gasteiger partial charge on any atom is 0.307 e. The zero-order chi connectivity index (χ0) is 22.2. The van der Waals surface area contributed by atoms with Crippen LogP contribution in [0.4, 0.5) is 0 Å². The molecule has 1 aliphatic rings. The van der Waals surface area contributed by atoms with Gasteiger partial charge in [0.15, 0.2) is 0 Å². The third-order valence-corrected chi connectivity index (χ3v) is 7.39. The number of carbonyl (C=O) groups is 1. The number of primary sulfonamides is 1. The van der Waals surface area contributed by atoms with Crippen molar-refractivity contribution in [3.8, 4) is 11.3 Å². The normalized spacial score (nSPS) is 15.4. The lowest BCUT2D eigenvalue weighted by atomic mass is 9.80. The molecular weight excluding hydrogens is 412 g/mol. The van der Waals surface area contributed by atoms with Crippen molar-refractivity contribution >= 4 is 26.9 Å². The predicted octanol–water partition coefficient (Wildman–Crippen LogP) is 4.72. The molecule has 2 aromatic carbocycles. The summed E-state index contributed by atoms with van der Waals surface area (Å²) in [5, 5.41) is 16.1. The minimum atomic E-state index is -4.04. The number of sulfonamides is 1. The number of fused-ring (bicyclic) bond motifs is 1. The number of aromatic amines is 1. The molecule has 3 aromatic rings. The fourth-order valence-corrected chi connectivity index (χ4v) is 6.14. The molecule has 6 nitrogen and oxygen atoms in total. The minimum Gasteiger partial charge on any atom is -0.481 e. The average Bonchev–Trinajstić information content (AvgIpc) is 3.10. The SMILES string of the molecule is CCc1ccc(-c2[nH]c3ccccc3c2CC(=O)O)c(S(N)(=O)=O)c1C1CCCCC1. The molecule has 0 atom stereocenters. The monoisotopic (exact) mass is 440 g/mol. The van der Waals surface area contributed by atoms with Gasteiger partial charge in [-0.1, -0.05) is 56.5 Å². The van der Waals surface area contributed by atoms with E-state index in [9.17, 15) is 18.3 Å². The summed E-state index contributed by atoms with van der Waals surface area (Å²) in [6, 6.07) is 11.2. The molecule has 7 heteroatoms. The highest BCUT2D eigenvalue weighted by atomic mass is 32.2. The Labute approximate surface area is 182 Å². The molecule has 0 aliphatic heterocycles. The fraction of sp³-hybridized carbons (Fsp3) is 0.375. The Hall–Kier alpha value is -2.64. The van der Waals surface area contributed by atoms with Gasteiger partial charge in [-0.2, -0.15) is 0 Å². The van der Waals surface area contributed by atoms with Gasteiger partial charge in [0.05, 0.1) is 17.0 Å². The number of rotatable bonds is 6. The van der Waals surface area contributed by atoms with Crippen molar-refractivity contribution in [1.82, 2.24) is 4.98 Å². The van der Waals surface area contributed by atoms with Crippen molar-refractivity contribution in [2.75, 3.05) is 0 Å². The van der Waals surface area contributed by atoms with Gasteiger partial charge in [0.25, 0.3) is 0 Å². The van der Waals surface area contributed by atoms with Crippen molar-refractivity contribution in [3.63, 3.8) is 0 Å². The van der Waals surface area contributed by atoms with Gasteiger partial charge in [-0.25, -0.2) is 13.6 Å². The van der Waals surface area contributed by atoms with E-state index in [0.29, 0.717) is 23.2 Å². The Morgan fingerprint density at radius 3 is 2.48 bits per heavy atom. The van der Waals surface area contributed by atoms with E-state index in [4.69, 9.17) is 5.14 Å². The van der Waals surface area contributed by atoms with Crippen LogP contribution in [0.15, 0.2) is 41.3 Å². The number of H-pyrrole nitrogens is 1. The molecule has 1 saturated carbocycles. The molecule has 1 aromatic heterocycles. The summed E-state index contributed by atoms with van der Waals surface area (Å²) in [4.78, 5) is 15.1. The summed E-state index contributed by atoms with van der Waals surface area (Å²) < 4.78 is 25.9. The first kappa shape index (κ1) is 21.6. The number of para-hydroxylation sites is 1. The molecule has 0 radical (unpaired) electrons. The van der Waals surface area contributed by atoms with E-state index >= 15 is 0 Å². The zero-order valence-corrected chi connectivity index (χ0v) is 18.5. The molecule has 0 spiro atoms. The van der Waals surface area contributed by atoms with Crippen LogP contribution in [0.3, 0.4) is 0 Å². The van der Waals surface area contributed by atoms with Crippen molar-refractivity contribution in [3.05, 3.63) is 53.1 Å². The van der Waals surface area contributed by atoms with Crippen LogP contribution in [0.2, 0.25) is 0 Å². The first-order valence-electron chi connectivity index (χ1n) is 10.8. The Morgan fingerprint density at radius 1 is 1.13 bits per heavy atom. The number of carboxylic acids is 1. The number of nitrogens with one attached hydrogen (secondary N) is 1. The quantitative estimate of drug-likeness (QED) is 0.515. The van der Waals surface area contributed by atoms with Gasteiger partial charge in [0, 0.05) is 16.5 Å². The molecule has 31 heavy (non-hydrogen) atoms. The van der Waals surface area contributed by atoms with Crippen molar-refractivity contribution in [2.24, 2.45) is 5.14 Å². The number of aromatic nitrogens is 1. The Balaban J connectivity index is 2.05. The van der Waals surface area contributed by atoms with Crippen LogP contribution in [-0.2, 0) is 27.7 Å². The van der Waals surface area contributed by atoms with E-state index in [0.717, 1.165) is 54.1 Å². The van der Waals surface area contributed by atoms with E-state index in [1.807, 2.05) is 37.3 Å². The van der Waals surface area contributed by atoms with Gasteiger partial charge in [0.2, 0.25) is 10.0 Å². The number of benzene rings is 2. The molecule has 0 bridgehead atoms. The highest BCUT2D eigenvalue weighted by molar-refractivity contribution is 7.89. The second kappa shape index (κ2) is 8.48. The molecule has 164 valence electrons. The first-order valence-corrected chi connectivity index (χ1v) is 12.4. The Bertz CT molecular complexity index is 1240. The fourth-order valence-electron chi connectivity index (χ4n) is 5.06. The Kier molecular flexibility index (Phi) is 5.90. The smallest absolute Gasteiger partial charge is 0.307 e.